The fourth-order valence-corrected chi connectivity index (χ4v) is 2.28. The van der Waals surface area contributed by atoms with Crippen LogP contribution in [0.1, 0.15) is 19.7 Å². The number of aromatic nitrogens is 4. The summed E-state index contributed by atoms with van der Waals surface area (Å²) in [6, 6.07) is 0. The zero-order valence-corrected chi connectivity index (χ0v) is 10.8. The smallest absolute Gasteiger partial charge is 0.203 e. The van der Waals surface area contributed by atoms with Crippen LogP contribution in [-0.2, 0) is 0 Å². The maximum absolute atomic E-state index is 10.3. The number of aryl methyl sites for hydroxylation is 1. The van der Waals surface area contributed by atoms with E-state index in [0.29, 0.717) is 13.1 Å². The molecule has 3 rings (SSSR count). The lowest BCUT2D eigenvalue weighted by Crippen LogP contribution is -2.65. The first-order chi connectivity index (χ1) is 8.51. The van der Waals surface area contributed by atoms with Gasteiger partial charge in [0.05, 0.1) is 13.1 Å². The Morgan fingerprint density at radius 2 is 2.06 bits per heavy atom. The standard InChI is InChI=1S/C12H17N5O/c1-8(2)12(18)6-16(7-12)10-11-15-14-9(3)17(11)5-4-13-10/h4-5,8,18H,6-7H2,1-3H3. The third-order valence-electron chi connectivity index (χ3n) is 3.78. The molecule has 1 aliphatic rings. The minimum Gasteiger partial charge on any atom is -0.386 e. The lowest BCUT2D eigenvalue weighted by atomic mass is 9.83. The van der Waals surface area contributed by atoms with Crippen LogP contribution in [0.4, 0.5) is 5.82 Å². The van der Waals surface area contributed by atoms with Crippen molar-refractivity contribution in [2.45, 2.75) is 26.4 Å². The number of nitrogens with zero attached hydrogens (tertiary/aromatic N) is 5. The summed E-state index contributed by atoms with van der Waals surface area (Å²) in [5.74, 6) is 1.88. The predicted octanol–water partition coefficient (Wildman–Crippen LogP) is 0.640. The van der Waals surface area contributed by atoms with Crippen LogP contribution < -0.4 is 4.90 Å². The van der Waals surface area contributed by atoms with Gasteiger partial charge in [-0.05, 0) is 12.8 Å². The Morgan fingerprint density at radius 3 is 2.72 bits per heavy atom. The summed E-state index contributed by atoms with van der Waals surface area (Å²) in [4.78, 5) is 6.40. The molecule has 18 heavy (non-hydrogen) atoms. The van der Waals surface area contributed by atoms with E-state index in [1.54, 1.807) is 6.20 Å². The molecule has 1 fully saturated rings. The molecule has 0 bridgehead atoms. The predicted molar refractivity (Wildman–Crippen MR) is 67.5 cm³/mol. The molecule has 0 amide bonds. The molecule has 6 nitrogen and oxygen atoms in total. The van der Waals surface area contributed by atoms with Gasteiger partial charge in [0.25, 0.3) is 0 Å². The average molecular weight is 247 g/mol. The Morgan fingerprint density at radius 1 is 1.33 bits per heavy atom. The van der Waals surface area contributed by atoms with E-state index < -0.39 is 5.60 Å². The highest BCUT2D eigenvalue weighted by Crippen LogP contribution is 2.33. The van der Waals surface area contributed by atoms with Crippen LogP contribution in [0.15, 0.2) is 12.4 Å². The second kappa shape index (κ2) is 3.65. The Kier molecular flexibility index (Phi) is 2.31. The molecule has 96 valence electrons. The molecule has 3 heterocycles. The zero-order valence-electron chi connectivity index (χ0n) is 10.8. The van der Waals surface area contributed by atoms with Gasteiger partial charge in [0.1, 0.15) is 11.4 Å². The maximum Gasteiger partial charge on any atom is 0.203 e. The van der Waals surface area contributed by atoms with Crippen molar-refractivity contribution in [3.05, 3.63) is 18.2 Å². The molecule has 0 aromatic carbocycles. The summed E-state index contributed by atoms with van der Waals surface area (Å²) in [6.07, 6.45) is 3.59. The van der Waals surface area contributed by atoms with Gasteiger partial charge in [-0.25, -0.2) is 4.98 Å². The minimum absolute atomic E-state index is 0.244. The van der Waals surface area contributed by atoms with Crippen molar-refractivity contribution < 1.29 is 5.11 Å². The van der Waals surface area contributed by atoms with Crippen LogP contribution in [0.25, 0.3) is 5.65 Å². The SMILES string of the molecule is Cc1nnc2c(N3CC(O)(C(C)C)C3)nccn12. The van der Waals surface area contributed by atoms with Crippen LogP contribution in [0.3, 0.4) is 0 Å². The van der Waals surface area contributed by atoms with E-state index in [4.69, 9.17) is 0 Å². The minimum atomic E-state index is -0.608. The third kappa shape index (κ3) is 1.49. The summed E-state index contributed by atoms with van der Waals surface area (Å²) >= 11 is 0. The molecule has 1 N–H and O–H groups in total. The van der Waals surface area contributed by atoms with E-state index in [1.807, 2.05) is 36.3 Å². The molecule has 1 aliphatic heterocycles. The second-order valence-electron chi connectivity index (χ2n) is 5.31. The van der Waals surface area contributed by atoms with Crippen molar-refractivity contribution in [3.8, 4) is 0 Å². The first-order valence-corrected chi connectivity index (χ1v) is 6.15. The number of β-amino-alcohol motifs (C(OH)–C–C–N with tert-alkyl or cyclic N) is 1. The highest BCUT2D eigenvalue weighted by molar-refractivity contribution is 5.65. The average Bonchev–Trinajstić information content (AvgIpc) is 2.67. The van der Waals surface area contributed by atoms with Gasteiger partial charge in [0.2, 0.25) is 5.65 Å². The number of rotatable bonds is 2. The van der Waals surface area contributed by atoms with Crippen LogP contribution in [0.5, 0.6) is 0 Å². The zero-order chi connectivity index (χ0) is 12.9. The number of fused-ring (bicyclic) bond motifs is 1. The summed E-state index contributed by atoms with van der Waals surface area (Å²) in [6.45, 7) is 7.18. The van der Waals surface area contributed by atoms with Crippen LogP contribution in [-0.4, -0.2) is 43.4 Å². The van der Waals surface area contributed by atoms with E-state index in [1.165, 1.54) is 0 Å². The van der Waals surface area contributed by atoms with Crippen LogP contribution in [0, 0.1) is 12.8 Å². The molecule has 0 aliphatic carbocycles. The van der Waals surface area contributed by atoms with E-state index in [0.717, 1.165) is 17.3 Å². The van der Waals surface area contributed by atoms with E-state index in [-0.39, 0.29) is 5.92 Å². The van der Waals surface area contributed by atoms with Gasteiger partial charge in [0.15, 0.2) is 5.82 Å². The molecule has 2 aromatic heterocycles. The van der Waals surface area contributed by atoms with Crippen molar-refractivity contribution in [2.24, 2.45) is 5.92 Å². The molecule has 0 unspecified atom stereocenters. The van der Waals surface area contributed by atoms with Crippen molar-refractivity contribution >= 4 is 11.5 Å². The fraction of sp³-hybridized carbons (Fsp3) is 0.583. The Hall–Kier alpha value is -1.69. The molecule has 2 aromatic rings. The number of anilines is 1. The molecule has 0 radical (unpaired) electrons. The van der Waals surface area contributed by atoms with Gasteiger partial charge in [-0.15, -0.1) is 10.2 Å². The van der Waals surface area contributed by atoms with Gasteiger partial charge in [-0.3, -0.25) is 4.40 Å². The van der Waals surface area contributed by atoms with Crippen molar-refractivity contribution in [3.63, 3.8) is 0 Å². The molecule has 0 saturated carbocycles. The lowest BCUT2D eigenvalue weighted by Gasteiger charge is -2.49. The first kappa shape index (κ1) is 11.4. The number of hydrogen-bond donors (Lipinski definition) is 1. The van der Waals surface area contributed by atoms with Crippen molar-refractivity contribution in [2.75, 3.05) is 18.0 Å². The van der Waals surface area contributed by atoms with Crippen molar-refractivity contribution in [1.82, 2.24) is 19.6 Å². The molecule has 0 atom stereocenters. The number of aliphatic hydroxyl groups is 1. The van der Waals surface area contributed by atoms with Crippen LogP contribution in [0.2, 0.25) is 0 Å². The van der Waals surface area contributed by atoms with E-state index in [2.05, 4.69) is 15.2 Å². The highest BCUT2D eigenvalue weighted by atomic mass is 16.3. The van der Waals surface area contributed by atoms with Gasteiger partial charge in [0, 0.05) is 12.4 Å². The Labute approximate surface area is 105 Å². The monoisotopic (exact) mass is 247 g/mol. The molecule has 1 saturated heterocycles. The number of hydrogen-bond acceptors (Lipinski definition) is 5. The normalized spacial score (nSPS) is 18.4. The largest absolute Gasteiger partial charge is 0.386 e. The Balaban J connectivity index is 1.93. The summed E-state index contributed by atoms with van der Waals surface area (Å²) in [5.41, 5.74) is 0.143. The first-order valence-electron chi connectivity index (χ1n) is 6.15. The highest BCUT2D eigenvalue weighted by Gasteiger charge is 2.45. The topological polar surface area (TPSA) is 66.5 Å². The van der Waals surface area contributed by atoms with E-state index in [9.17, 15) is 5.11 Å². The van der Waals surface area contributed by atoms with Gasteiger partial charge >= 0.3 is 0 Å². The van der Waals surface area contributed by atoms with E-state index >= 15 is 0 Å². The summed E-state index contributed by atoms with van der Waals surface area (Å²) in [5, 5.41) is 18.5. The maximum atomic E-state index is 10.3. The summed E-state index contributed by atoms with van der Waals surface area (Å²) in [7, 11) is 0. The molecule has 0 spiro atoms. The third-order valence-corrected chi connectivity index (χ3v) is 3.78. The summed E-state index contributed by atoms with van der Waals surface area (Å²) < 4.78 is 1.91. The fourth-order valence-electron chi connectivity index (χ4n) is 2.28. The van der Waals surface area contributed by atoms with Gasteiger partial charge in [-0.2, -0.15) is 0 Å². The Bertz CT molecular complexity index is 585. The molecular weight excluding hydrogens is 230 g/mol. The molecular formula is C12H17N5O. The molecule has 6 heteroatoms. The van der Waals surface area contributed by atoms with Gasteiger partial charge in [-0.1, -0.05) is 13.8 Å². The lowest BCUT2D eigenvalue weighted by molar-refractivity contribution is -0.0303. The second-order valence-corrected chi connectivity index (χ2v) is 5.31. The van der Waals surface area contributed by atoms with Crippen molar-refractivity contribution in [1.29, 1.82) is 0 Å². The van der Waals surface area contributed by atoms with Gasteiger partial charge < -0.3 is 10.0 Å². The van der Waals surface area contributed by atoms with Crippen LogP contribution >= 0.6 is 0 Å². The quantitative estimate of drug-likeness (QED) is 0.843.